The van der Waals surface area contributed by atoms with E-state index in [1.165, 1.54) is 0 Å². The van der Waals surface area contributed by atoms with E-state index in [1.807, 2.05) is 0 Å². The van der Waals surface area contributed by atoms with E-state index in [-0.39, 0.29) is 23.9 Å². The third-order valence-electron chi connectivity index (χ3n) is 1.23. The molecular formula is C8H9N5. The molecule has 2 heterocycles. The van der Waals surface area contributed by atoms with E-state index in [4.69, 9.17) is 15.3 Å². The highest BCUT2D eigenvalue weighted by Crippen LogP contribution is 2.05. The van der Waals surface area contributed by atoms with Crippen LogP contribution in [0.4, 0.5) is 5.69 Å². The molecule has 0 fully saturated rings. The minimum Gasteiger partial charge on any atom is -0.396 e. The molecule has 0 spiro atoms. The van der Waals surface area contributed by atoms with Crippen molar-refractivity contribution in [1.82, 2.24) is 20.0 Å². The summed E-state index contributed by atoms with van der Waals surface area (Å²) in [5.41, 5.74) is 4.60. The van der Waals surface area contributed by atoms with E-state index in [0.29, 0.717) is 0 Å². The largest absolute Gasteiger partial charge is 0.396 e. The number of nitrogen functional groups attached to an aromatic ring is 1. The Bertz CT molecular complexity index is 677. The van der Waals surface area contributed by atoms with Crippen molar-refractivity contribution in [3.63, 3.8) is 0 Å². The maximum Gasteiger partial charge on any atom is 0.175 e. The molecule has 0 aliphatic heterocycles. The lowest BCUT2D eigenvalue weighted by molar-refractivity contribution is 0.806. The summed E-state index contributed by atoms with van der Waals surface area (Å²) < 4.78 is 52.7. The molecule has 5 nitrogen and oxygen atoms in total. The van der Waals surface area contributed by atoms with Gasteiger partial charge in [0.15, 0.2) is 5.82 Å². The van der Waals surface area contributed by atoms with E-state index in [0.717, 1.165) is 4.68 Å². The fraction of sp³-hybridized carbons (Fsp3) is 0.125. The van der Waals surface area contributed by atoms with Crippen molar-refractivity contribution in [3.8, 4) is 5.82 Å². The van der Waals surface area contributed by atoms with Crippen molar-refractivity contribution >= 4 is 5.69 Å². The van der Waals surface area contributed by atoms with Gasteiger partial charge < -0.3 is 5.73 Å². The molecule has 0 aliphatic carbocycles. The Morgan fingerprint density at radius 3 is 3.15 bits per heavy atom. The molecule has 0 radical (unpaired) electrons. The molecule has 0 saturated heterocycles. The number of nitrogens with two attached hydrogens (primary N) is 1. The van der Waals surface area contributed by atoms with Crippen LogP contribution in [-0.2, 0) is 0 Å². The van der Waals surface area contributed by atoms with Crippen LogP contribution in [0.5, 0.6) is 0 Å². The summed E-state index contributed by atoms with van der Waals surface area (Å²) in [5, 5.41) is 10.5. The molecule has 0 aromatic carbocycles. The van der Waals surface area contributed by atoms with E-state index >= 15 is 0 Å². The van der Waals surface area contributed by atoms with Gasteiger partial charge in [-0.15, -0.1) is 5.10 Å². The first-order valence-electron chi connectivity index (χ1n) is 6.81. The molecule has 5 heteroatoms. The van der Waals surface area contributed by atoms with E-state index < -0.39 is 24.6 Å². The monoisotopic (exact) mass is 182 g/mol. The summed E-state index contributed by atoms with van der Waals surface area (Å²) in [6.07, 6.45) is -0.749. The van der Waals surface area contributed by atoms with Crippen LogP contribution in [-0.4, -0.2) is 20.0 Å². The molecule has 2 aromatic rings. The Morgan fingerprint density at radius 1 is 1.54 bits per heavy atom. The summed E-state index contributed by atoms with van der Waals surface area (Å²) in [6.45, 7) is -2.66. The summed E-state index contributed by atoms with van der Waals surface area (Å²) >= 11 is 0. The molecule has 2 aromatic heterocycles. The quantitative estimate of drug-likeness (QED) is 0.699. The van der Waals surface area contributed by atoms with Crippen LogP contribution in [0.1, 0.15) is 15.3 Å². The zero-order valence-electron chi connectivity index (χ0n) is 13.4. The van der Waals surface area contributed by atoms with Crippen LogP contribution >= 0.6 is 0 Å². The van der Waals surface area contributed by atoms with Crippen LogP contribution in [0.2, 0.25) is 0 Å². The van der Waals surface area contributed by atoms with Crippen molar-refractivity contribution in [1.29, 1.82) is 0 Å². The first kappa shape index (κ1) is 3.10. The fourth-order valence-electron chi connectivity index (χ4n) is 0.726. The minimum atomic E-state index is -2.66. The molecule has 0 atom stereocenters. The molecule has 66 valence electrons. The molecule has 0 amide bonds. The molecule has 13 heavy (non-hydrogen) atoms. The lowest BCUT2D eigenvalue weighted by Gasteiger charge is -1.97. The van der Waals surface area contributed by atoms with Crippen molar-refractivity contribution in [2.24, 2.45) is 0 Å². The number of rotatable bonds is 1. The van der Waals surface area contributed by atoms with Crippen LogP contribution in [0, 0.1) is 6.85 Å². The number of nitrogens with zero attached hydrogens (tertiary/aromatic N) is 4. The van der Waals surface area contributed by atoms with E-state index in [9.17, 15) is 0 Å². The lowest BCUT2D eigenvalue weighted by atomic mass is 10.4. The maximum absolute atomic E-state index is 7.74. The van der Waals surface area contributed by atoms with Crippen LogP contribution in [0.15, 0.2) is 24.4 Å². The topological polar surface area (TPSA) is 69.6 Å². The molecule has 0 bridgehead atoms. The van der Waals surface area contributed by atoms with Gasteiger partial charge in [-0.05, 0) is 18.9 Å². The normalized spacial score (nSPS) is 18.9. The highest BCUT2D eigenvalue weighted by atomic mass is 15.3. The Balaban J connectivity index is 2.66. The van der Waals surface area contributed by atoms with Gasteiger partial charge in [0.2, 0.25) is 0 Å². The number of anilines is 1. The first-order chi connectivity index (χ1) is 9.14. The summed E-state index contributed by atoms with van der Waals surface area (Å²) in [4.78, 5) is 0. The zero-order valence-corrected chi connectivity index (χ0v) is 6.37. The Hall–Kier alpha value is -1.91. The number of aromatic nitrogens is 4. The van der Waals surface area contributed by atoms with Gasteiger partial charge >= 0.3 is 0 Å². The van der Waals surface area contributed by atoms with Gasteiger partial charge in [-0.3, -0.25) is 0 Å². The number of aryl methyl sites for hydroxylation is 1. The highest BCUT2D eigenvalue weighted by Gasteiger charge is 1.99. The van der Waals surface area contributed by atoms with Crippen LogP contribution in [0.3, 0.4) is 0 Å². The molecule has 0 unspecified atom stereocenters. The average Bonchev–Trinajstić information content (AvgIpc) is 2.59. The Labute approximate surface area is 85.0 Å². The van der Waals surface area contributed by atoms with Gasteiger partial charge in [0.1, 0.15) is 0 Å². The van der Waals surface area contributed by atoms with Gasteiger partial charge in [-0.1, -0.05) is 0 Å². The lowest BCUT2D eigenvalue weighted by Crippen LogP contribution is -1.99. The Morgan fingerprint density at radius 2 is 2.46 bits per heavy atom. The van der Waals surface area contributed by atoms with E-state index in [1.54, 1.807) is 0 Å². The van der Waals surface area contributed by atoms with Gasteiger partial charge in [0, 0.05) is 4.11 Å². The predicted molar refractivity (Wildman–Crippen MR) is 48.3 cm³/mol. The zero-order chi connectivity index (χ0) is 15.2. The highest BCUT2D eigenvalue weighted by molar-refractivity contribution is 5.34. The summed E-state index contributed by atoms with van der Waals surface area (Å²) in [6, 6.07) is -1.18. The van der Waals surface area contributed by atoms with Crippen molar-refractivity contribution < 1.29 is 9.60 Å². The molecule has 0 aliphatic rings. The third-order valence-corrected chi connectivity index (χ3v) is 1.23. The maximum atomic E-state index is 7.74. The van der Waals surface area contributed by atoms with E-state index in [2.05, 4.69) is 15.3 Å². The SMILES string of the molecule is [2H]c1nn(-c2nnc(C([2H])([2H])[2H])c([2H])c2[2H])c([2H])c1N. The van der Waals surface area contributed by atoms with Gasteiger partial charge in [-0.2, -0.15) is 10.2 Å². The predicted octanol–water partition coefficient (Wildman–Crippen LogP) is 0.553. The van der Waals surface area contributed by atoms with Crippen molar-refractivity contribution in [2.45, 2.75) is 6.85 Å². The smallest absolute Gasteiger partial charge is 0.175 e. The Kier molecular flexibility index (Phi) is 0.680. The molecule has 0 saturated carbocycles. The third kappa shape index (κ3) is 1.48. The standard InChI is InChI=1S/C8H9N5/c1-6-2-3-8(12-11-6)13-5-7(9)4-10-13/h2-5H,9H2,1H3/i1D3,2D,3D,4D,5D. The number of hydrogen-bond acceptors (Lipinski definition) is 4. The summed E-state index contributed by atoms with van der Waals surface area (Å²) in [7, 11) is 0. The second kappa shape index (κ2) is 2.85. The summed E-state index contributed by atoms with van der Waals surface area (Å²) in [5.74, 6) is -0.321. The fourth-order valence-corrected chi connectivity index (χ4v) is 0.726. The van der Waals surface area contributed by atoms with Gasteiger partial charge in [0.05, 0.1) is 29.2 Å². The minimum absolute atomic E-state index is 0.211. The molecule has 2 N–H and O–H groups in total. The van der Waals surface area contributed by atoms with Gasteiger partial charge in [0.25, 0.3) is 0 Å². The second-order valence-corrected chi connectivity index (χ2v) is 2.17. The average molecular weight is 182 g/mol. The molecule has 2 rings (SSSR count). The van der Waals surface area contributed by atoms with Gasteiger partial charge in [-0.25, -0.2) is 4.68 Å². The second-order valence-electron chi connectivity index (χ2n) is 2.17. The number of hydrogen-bond donors (Lipinski definition) is 1. The van der Waals surface area contributed by atoms with Crippen LogP contribution < -0.4 is 5.73 Å². The first-order valence-corrected chi connectivity index (χ1v) is 3.31. The van der Waals surface area contributed by atoms with Crippen molar-refractivity contribution in [2.75, 3.05) is 5.73 Å². The van der Waals surface area contributed by atoms with Crippen molar-refractivity contribution in [3.05, 3.63) is 30.1 Å². The van der Waals surface area contributed by atoms with Crippen LogP contribution in [0.25, 0.3) is 5.82 Å². The molecular weight excluding hydrogens is 166 g/mol.